The zero-order chi connectivity index (χ0) is 14.4. The normalized spacial score (nSPS) is 12.8. The number of nitrogens with zero attached hydrogens (tertiary/aromatic N) is 1. The van der Waals surface area contributed by atoms with E-state index in [2.05, 4.69) is 24.1 Å². The number of rotatable bonds is 7. The summed E-state index contributed by atoms with van der Waals surface area (Å²) in [6.07, 6.45) is 3.46. The van der Waals surface area contributed by atoms with Gasteiger partial charge < -0.3 is 14.9 Å². The molecule has 2 rings (SSSR count). The van der Waals surface area contributed by atoms with Gasteiger partial charge in [-0.3, -0.25) is 4.90 Å². The zero-order valence-electron chi connectivity index (χ0n) is 12.1. The lowest BCUT2D eigenvalue weighted by Crippen LogP contribution is -2.30. The topological polar surface area (TPSA) is 51.6 Å². The van der Waals surface area contributed by atoms with Crippen LogP contribution in [0.3, 0.4) is 0 Å². The van der Waals surface area contributed by atoms with Gasteiger partial charge in [-0.2, -0.15) is 0 Å². The second kappa shape index (κ2) is 7.24. The number of benzene rings is 1. The fourth-order valence-electron chi connectivity index (χ4n) is 2.47. The third-order valence-electron chi connectivity index (χ3n) is 3.48. The van der Waals surface area contributed by atoms with Gasteiger partial charge in [0.05, 0.1) is 19.1 Å². The maximum Gasteiger partial charge on any atom is 0.0947 e. The van der Waals surface area contributed by atoms with Crippen molar-refractivity contribution < 1.29 is 9.15 Å². The Morgan fingerprint density at radius 3 is 2.75 bits per heavy atom. The van der Waals surface area contributed by atoms with E-state index in [0.717, 1.165) is 12.1 Å². The molecule has 1 unspecified atom stereocenters. The minimum atomic E-state index is 0.163. The smallest absolute Gasteiger partial charge is 0.0947 e. The Labute approximate surface area is 120 Å². The minimum absolute atomic E-state index is 0.163. The van der Waals surface area contributed by atoms with Crippen LogP contribution in [0.1, 0.15) is 22.7 Å². The first kappa shape index (κ1) is 14.8. The lowest BCUT2D eigenvalue weighted by Gasteiger charge is -2.28. The van der Waals surface area contributed by atoms with E-state index < -0.39 is 0 Å². The molecule has 4 heteroatoms. The largest absolute Gasteiger partial charge is 0.472 e. The summed E-state index contributed by atoms with van der Waals surface area (Å²) in [6, 6.07) is 10.4. The molecule has 0 spiro atoms. The van der Waals surface area contributed by atoms with Gasteiger partial charge in [0, 0.05) is 31.8 Å². The van der Waals surface area contributed by atoms with Crippen LogP contribution < -0.4 is 5.73 Å². The second-order valence-corrected chi connectivity index (χ2v) is 4.93. The van der Waals surface area contributed by atoms with Gasteiger partial charge in [-0.1, -0.05) is 24.3 Å². The van der Waals surface area contributed by atoms with Gasteiger partial charge in [-0.15, -0.1) is 0 Å². The highest BCUT2D eigenvalue weighted by atomic mass is 16.5. The maximum absolute atomic E-state index is 5.99. The van der Waals surface area contributed by atoms with Crippen molar-refractivity contribution in [3.05, 3.63) is 59.5 Å². The molecule has 0 aliphatic heterocycles. The first-order valence-electron chi connectivity index (χ1n) is 6.74. The maximum atomic E-state index is 5.99. The van der Waals surface area contributed by atoms with Crippen molar-refractivity contribution in [1.82, 2.24) is 4.90 Å². The molecule has 1 aromatic carbocycles. The summed E-state index contributed by atoms with van der Waals surface area (Å²) in [5.41, 5.74) is 9.55. The van der Waals surface area contributed by atoms with Gasteiger partial charge >= 0.3 is 0 Å². The van der Waals surface area contributed by atoms with Gasteiger partial charge in [0.15, 0.2) is 0 Å². The van der Waals surface area contributed by atoms with E-state index >= 15 is 0 Å². The number of methoxy groups -OCH3 is 1. The minimum Gasteiger partial charge on any atom is -0.472 e. The molecule has 2 aromatic rings. The van der Waals surface area contributed by atoms with Gasteiger partial charge in [0.25, 0.3) is 0 Å². The Kier molecular flexibility index (Phi) is 5.35. The number of likely N-dealkylation sites (N-methyl/N-ethyl adjacent to an activating group) is 1. The molecule has 0 radical (unpaired) electrons. The molecule has 0 aliphatic rings. The Balaban J connectivity index is 2.18. The summed E-state index contributed by atoms with van der Waals surface area (Å²) in [5, 5.41) is 0. The van der Waals surface area contributed by atoms with Crippen LogP contribution in [0.25, 0.3) is 0 Å². The Morgan fingerprint density at radius 2 is 2.10 bits per heavy atom. The third kappa shape index (κ3) is 3.48. The fraction of sp³-hybridized carbons (Fsp3) is 0.375. The lowest BCUT2D eigenvalue weighted by atomic mass is 9.99. The molecule has 0 bridgehead atoms. The lowest BCUT2D eigenvalue weighted by molar-refractivity contribution is 0.179. The Bertz CT molecular complexity index is 511. The van der Waals surface area contributed by atoms with E-state index in [1.54, 1.807) is 19.6 Å². The summed E-state index contributed by atoms with van der Waals surface area (Å²) in [7, 11) is 3.79. The van der Waals surface area contributed by atoms with Crippen LogP contribution in [-0.4, -0.2) is 25.6 Å². The molecular weight excluding hydrogens is 252 g/mol. The van der Waals surface area contributed by atoms with E-state index in [4.69, 9.17) is 14.9 Å². The monoisotopic (exact) mass is 274 g/mol. The number of ether oxygens (including phenoxy) is 1. The molecule has 0 amide bonds. The average molecular weight is 274 g/mol. The van der Waals surface area contributed by atoms with Crippen molar-refractivity contribution in [2.75, 3.05) is 20.7 Å². The summed E-state index contributed by atoms with van der Waals surface area (Å²) in [6.45, 7) is 1.97. The van der Waals surface area contributed by atoms with Crippen molar-refractivity contribution in [3.8, 4) is 0 Å². The van der Waals surface area contributed by atoms with Gasteiger partial charge in [-0.25, -0.2) is 0 Å². The zero-order valence-corrected chi connectivity index (χ0v) is 12.1. The SMILES string of the molecule is COCc1ccccc1C(CN)N(C)Cc1ccoc1. The summed E-state index contributed by atoms with van der Waals surface area (Å²) >= 11 is 0. The molecule has 0 saturated carbocycles. The molecule has 1 atom stereocenters. The standard InChI is InChI=1S/C16H22N2O2/c1-18(10-13-7-8-20-11-13)16(9-17)15-6-4-3-5-14(15)12-19-2/h3-8,11,16H,9-10,12,17H2,1-2H3. The summed E-state index contributed by atoms with van der Waals surface area (Å²) < 4.78 is 10.4. The van der Waals surface area contributed by atoms with Crippen molar-refractivity contribution in [1.29, 1.82) is 0 Å². The summed E-state index contributed by atoms with van der Waals surface area (Å²) in [4.78, 5) is 2.24. The molecule has 4 nitrogen and oxygen atoms in total. The first-order chi connectivity index (χ1) is 9.76. The van der Waals surface area contributed by atoms with Crippen LogP contribution >= 0.6 is 0 Å². The highest BCUT2D eigenvalue weighted by Gasteiger charge is 2.18. The number of furan rings is 1. The molecule has 20 heavy (non-hydrogen) atoms. The molecule has 0 aliphatic carbocycles. The highest BCUT2D eigenvalue weighted by Crippen LogP contribution is 2.24. The second-order valence-electron chi connectivity index (χ2n) is 4.93. The molecule has 2 N–H and O–H groups in total. The van der Waals surface area contributed by atoms with Crippen LogP contribution in [0.2, 0.25) is 0 Å². The van der Waals surface area contributed by atoms with E-state index in [0.29, 0.717) is 13.2 Å². The Morgan fingerprint density at radius 1 is 1.30 bits per heavy atom. The van der Waals surface area contributed by atoms with E-state index in [-0.39, 0.29) is 6.04 Å². The first-order valence-corrected chi connectivity index (χ1v) is 6.74. The quantitative estimate of drug-likeness (QED) is 0.843. The van der Waals surface area contributed by atoms with Gasteiger partial charge in [0.1, 0.15) is 0 Å². The summed E-state index contributed by atoms with van der Waals surface area (Å²) in [5.74, 6) is 0. The van der Waals surface area contributed by atoms with Crippen LogP contribution in [0.5, 0.6) is 0 Å². The number of hydrogen-bond acceptors (Lipinski definition) is 4. The molecule has 0 saturated heterocycles. The van der Waals surface area contributed by atoms with Crippen molar-refractivity contribution >= 4 is 0 Å². The Hall–Kier alpha value is -1.62. The molecule has 0 fully saturated rings. The van der Waals surface area contributed by atoms with E-state index in [1.165, 1.54) is 11.1 Å². The molecular formula is C16H22N2O2. The molecule has 108 valence electrons. The van der Waals surface area contributed by atoms with Crippen LogP contribution in [-0.2, 0) is 17.9 Å². The van der Waals surface area contributed by atoms with E-state index in [9.17, 15) is 0 Å². The highest BCUT2D eigenvalue weighted by molar-refractivity contribution is 5.30. The average Bonchev–Trinajstić information content (AvgIpc) is 2.94. The number of nitrogens with two attached hydrogens (primary N) is 1. The predicted molar refractivity (Wildman–Crippen MR) is 79.1 cm³/mol. The third-order valence-corrected chi connectivity index (χ3v) is 3.48. The fourth-order valence-corrected chi connectivity index (χ4v) is 2.47. The molecule has 1 heterocycles. The van der Waals surface area contributed by atoms with Gasteiger partial charge in [0.2, 0.25) is 0 Å². The number of hydrogen-bond donors (Lipinski definition) is 1. The van der Waals surface area contributed by atoms with E-state index in [1.807, 2.05) is 18.2 Å². The van der Waals surface area contributed by atoms with Crippen molar-refractivity contribution in [3.63, 3.8) is 0 Å². The van der Waals surface area contributed by atoms with Crippen molar-refractivity contribution in [2.24, 2.45) is 5.73 Å². The van der Waals surface area contributed by atoms with Crippen LogP contribution in [0.15, 0.2) is 47.3 Å². The van der Waals surface area contributed by atoms with Crippen molar-refractivity contribution in [2.45, 2.75) is 19.2 Å². The van der Waals surface area contributed by atoms with Crippen LogP contribution in [0, 0.1) is 0 Å². The predicted octanol–water partition coefficient (Wildman–Crippen LogP) is 2.56. The van der Waals surface area contributed by atoms with Crippen LogP contribution in [0.4, 0.5) is 0 Å². The van der Waals surface area contributed by atoms with Gasteiger partial charge in [-0.05, 0) is 24.2 Å². The molecule has 1 aromatic heterocycles.